The van der Waals surface area contributed by atoms with Crippen LogP contribution in [0.2, 0.25) is 15.1 Å². The summed E-state index contributed by atoms with van der Waals surface area (Å²) in [6.45, 7) is -0.0614. The maximum absolute atomic E-state index is 11.5. The first-order valence-electron chi connectivity index (χ1n) is 4.26. The van der Waals surface area contributed by atoms with Crippen LogP contribution < -0.4 is 10.2 Å². The van der Waals surface area contributed by atoms with Crippen molar-refractivity contribution in [3.05, 3.63) is 27.2 Å². The second kappa shape index (κ2) is 4.13. The van der Waals surface area contributed by atoms with E-state index < -0.39 is 11.9 Å². The van der Waals surface area contributed by atoms with Gasteiger partial charge in [0.25, 0.3) is 5.91 Å². The highest BCUT2D eigenvalue weighted by Crippen LogP contribution is 2.37. The van der Waals surface area contributed by atoms with Gasteiger partial charge in [0.2, 0.25) is 0 Å². The van der Waals surface area contributed by atoms with Crippen LogP contribution in [0.15, 0.2) is 12.1 Å². The first-order chi connectivity index (χ1) is 7.50. The van der Waals surface area contributed by atoms with Crippen molar-refractivity contribution in [1.82, 2.24) is 5.32 Å². The van der Waals surface area contributed by atoms with Gasteiger partial charge in [-0.1, -0.05) is 34.8 Å². The number of urea groups is 1. The lowest BCUT2D eigenvalue weighted by molar-refractivity contribution is -0.115. The molecule has 7 heteroatoms. The molecular formula is C9H5Cl3N2O2. The van der Waals surface area contributed by atoms with E-state index in [1.807, 2.05) is 0 Å². The number of nitrogens with zero attached hydrogens (tertiary/aromatic N) is 1. The Bertz CT molecular complexity index is 451. The Hall–Kier alpha value is -0.970. The Labute approximate surface area is 106 Å². The Balaban J connectivity index is 2.55. The minimum absolute atomic E-state index is 0.0614. The third-order valence-corrected chi connectivity index (χ3v) is 2.84. The van der Waals surface area contributed by atoms with Crippen molar-refractivity contribution in [1.29, 1.82) is 0 Å². The lowest BCUT2D eigenvalue weighted by Crippen LogP contribution is -2.31. The van der Waals surface area contributed by atoms with E-state index in [1.54, 1.807) is 0 Å². The SMILES string of the molecule is O=C1CNC(=O)N1c1c(Cl)cc(Cl)cc1Cl. The fourth-order valence-corrected chi connectivity index (χ4v) is 2.38. The number of hydrogen-bond acceptors (Lipinski definition) is 2. The number of imide groups is 1. The van der Waals surface area contributed by atoms with Crippen molar-refractivity contribution < 1.29 is 9.59 Å². The standard InChI is InChI=1S/C9H5Cl3N2O2/c10-4-1-5(11)8(6(12)2-4)14-7(15)3-13-9(14)16/h1-2H,3H2,(H,13,16). The van der Waals surface area contributed by atoms with Crippen LogP contribution in [0.1, 0.15) is 0 Å². The number of nitrogens with one attached hydrogen (secondary N) is 1. The fourth-order valence-electron chi connectivity index (χ4n) is 1.40. The van der Waals surface area contributed by atoms with E-state index in [9.17, 15) is 9.59 Å². The molecule has 1 aliphatic rings. The van der Waals surface area contributed by atoms with Gasteiger partial charge >= 0.3 is 6.03 Å². The van der Waals surface area contributed by atoms with Gasteiger partial charge < -0.3 is 5.32 Å². The number of benzene rings is 1. The van der Waals surface area contributed by atoms with Crippen LogP contribution in [-0.2, 0) is 4.79 Å². The number of rotatable bonds is 1. The second-order valence-corrected chi connectivity index (χ2v) is 4.36. The summed E-state index contributed by atoms with van der Waals surface area (Å²) in [6, 6.07) is 2.29. The second-order valence-electron chi connectivity index (χ2n) is 3.11. The van der Waals surface area contributed by atoms with E-state index in [1.165, 1.54) is 12.1 Å². The molecule has 1 N–H and O–H groups in total. The van der Waals surface area contributed by atoms with E-state index in [2.05, 4.69) is 5.32 Å². The van der Waals surface area contributed by atoms with Crippen molar-refractivity contribution in [2.24, 2.45) is 0 Å². The summed E-state index contributed by atoms with van der Waals surface area (Å²) >= 11 is 17.5. The van der Waals surface area contributed by atoms with Crippen LogP contribution in [0.3, 0.4) is 0 Å². The van der Waals surface area contributed by atoms with Gasteiger partial charge in [0, 0.05) is 5.02 Å². The number of hydrogen-bond donors (Lipinski definition) is 1. The number of halogens is 3. The number of carbonyl (C=O) groups is 2. The first kappa shape index (κ1) is 11.5. The number of carbonyl (C=O) groups excluding carboxylic acids is 2. The highest BCUT2D eigenvalue weighted by atomic mass is 35.5. The van der Waals surface area contributed by atoms with Crippen LogP contribution >= 0.6 is 34.8 Å². The minimum atomic E-state index is -0.545. The molecule has 0 unspecified atom stereocenters. The minimum Gasteiger partial charge on any atom is -0.328 e. The molecule has 16 heavy (non-hydrogen) atoms. The lowest BCUT2D eigenvalue weighted by atomic mass is 10.3. The summed E-state index contributed by atoms with van der Waals surface area (Å²) in [5.74, 6) is -0.406. The van der Waals surface area contributed by atoms with Crippen LogP contribution in [0.4, 0.5) is 10.5 Å². The van der Waals surface area contributed by atoms with Crippen LogP contribution in [-0.4, -0.2) is 18.5 Å². The maximum atomic E-state index is 11.5. The molecule has 0 radical (unpaired) electrons. The molecular weight excluding hydrogens is 274 g/mol. The normalized spacial score (nSPS) is 15.6. The summed E-state index contributed by atoms with van der Waals surface area (Å²) in [5.41, 5.74) is 0.160. The van der Waals surface area contributed by atoms with Gasteiger partial charge in [0.05, 0.1) is 22.3 Å². The molecule has 0 aliphatic carbocycles. The molecule has 0 aromatic heterocycles. The van der Waals surface area contributed by atoms with E-state index in [0.29, 0.717) is 5.02 Å². The Morgan fingerprint density at radius 1 is 1.12 bits per heavy atom. The van der Waals surface area contributed by atoms with Crippen molar-refractivity contribution >= 4 is 52.4 Å². The largest absolute Gasteiger partial charge is 0.329 e. The van der Waals surface area contributed by atoms with Crippen molar-refractivity contribution in [2.75, 3.05) is 11.4 Å². The molecule has 1 aliphatic heterocycles. The molecule has 0 spiro atoms. The van der Waals surface area contributed by atoms with Crippen LogP contribution in [0, 0.1) is 0 Å². The molecule has 84 valence electrons. The third-order valence-electron chi connectivity index (χ3n) is 2.05. The van der Waals surface area contributed by atoms with E-state index >= 15 is 0 Å². The Kier molecular flexibility index (Phi) is 2.97. The third kappa shape index (κ3) is 1.84. The summed E-state index contributed by atoms with van der Waals surface area (Å²) < 4.78 is 0. The molecule has 1 aromatic rings. The van der Waals surface area contributed by atoms with Gasteiger partial charge in [0.1, 0.15) is 0 Å². The van der Waals surface area contributed by atoms with Crippen molar-refractivity contribution in [3.8, 4) is 0 Å². The summed E-state index contributed by atoms with van der Waals surface area (Å²) in [5, 5.41) is 3.02. The van der Waals surface area contributed by atoms with E-state index in [4.69, 9.17) is 34.8 Å². The topological polar surface area (TPSA) is 49.4 Å². The molecule has 3 amide bonds. The quantitative estimate of drug-likeness (QED) is 0.804. The smallest absolute Gasteiger partial charge is 0.328 e. The van der Waals surface area contributed by atoms with Gasteiger partial charge in [0.15, 0.2) is 0 Å². The highest BCUT2D eigenvalue weighted by molar-refractivity contribution is 6.44. The summed E-state index contributed by atoms with van der Waals surface area (Å²) in [4.78, 5) is 23.8. The Morgan fingerprint density at radius 3 is 2.12 bits per heavy atom. The molecule has 0 atom stereocenters. The monoisotopic (exact) mass is 278 g/mol. The van der Waals surface area contributed by atoms with Crippen LogP contribution in [0.25, 0.3) is 0 Å². The van der Waals surface area contributed by atoms with Gasteiger partial charge in [-0.3, -0.25) is 4.79 Å². The molecule has 1 aromatic carbocycles. The predicted molar refractivity (Wildman–Crippen MR) is 62.4 cm³/mol. The molecule has 1 fully saturated rings. The maximum Gasteiger partial charge on any atom is 0.329 e. The Morgan fingerprint density at radius 2 is 1.69 bits per heavy atom. The zero-order chi connectivity index (χ0) is 11.9. The van der Waals surface area contributed by atoms with Crippen molar-refractivity contribution in [3.63, 3.8) is 0 Å². The molecule has 4 nitrogen and oxygen atoms in total. The lowest BCUT2D eigenvalue weighted by Gasteiger charge is -2.15. The average Bonchev–Trinajstić information content (AvgIpc) is 2.47. The van der Waals surface area contributed by atoms with E-state index in [-0.39, 0.29) is 22.3 Å². The zero-order valence-corrected chi connectivity index (χ0v) is 10.0. The van der Waals surface area contributed by atoms with Gasteiger partial charge in [-0.15, -0.1) is 0 Å². The number of anilines is 1. The zero-order valence-electron chi connectivity index (χ0n) is 7.76. The molecule has 0 bridgehead atoms. The molecule has 1 heterocycles. The average molecular weight is 280 g/mol. The van der Waals surface area contributed by atoms with Gasteiger partial charge in [-0.2, -0.15) is 0 Å². The number of amides is 3. The summed E-state index contributed by atoms with van der Waals surface area (Å²) in [6.07, 6.45) is 0. The highest BCUT2D eigenvalue weighted by Gasteiger charge is 2.33. The van der Waals surface area contributed by atoms with Crippen molar-refractivity contribution in [2.45, 2.75) is 0 Å². The van der Waals surface area contributed by atoms with Gasteiger partial charge in [-0.25, -0.2) is 9.69 Å². The van der Waals surface area contributed by atoms with E-state index in [0.717, 1.165) is 4.90 Å². The summed E-state index contributed by atoms with van der Waals surface area (Å²) in [7, 11) is 0. The molecule has 2 rings (SSSR count). The first-order valence-corrected chi connectivity index (χ1v) is 5.39. The van der Waals surface area contributed by atoms with Gasteiger partial charge in [-0.05, 0) is 12.1 Å². The molecule has 1 saturated heterocycles. The fraction of sp³-hybridized carbons (Fsp3) is 0.111. The van der Waals surface area contributed by atoms with Crippen LogP contribution in [0.5, 0.6) is 0 Å². The predicted octanol–water partition coefficient (Wildman–Crippen LogP) is 2.70. The molecule has 0 saturated carbocycles.